The summed E-state index contributed by atoms with van der Waals surface area (Å²) < 4.78 is 10.5. The van der Waals surface area contributed by atoms with Crippen molar-refractivity contribution >= 4 is 40.6 Å². The molecule has 1 aliphatic rings. The zero-order chi connectivity index (χ0) is 22.4. The second kappa shape index (κ2) is 9.90. The molecule has 0 unspecified atom stereocenters. The first-order valence-electron chi connectivity index (χ1n) is 9.24. The van der Waals surface area contributed by atoms with E-state index in [0.29, 0.717) is 11.3 Å². The lowest BCUT2D eigenvalue weighted by atomic mass is 10.2. The topological polar surface area (TPSA) is 116 Å². The first-order valence-corrected chi connectivity index (χ1v) is 10.1. The third-order valence-corrected chi connectivity index (χ3v) is 5.08. The molecule has 1 aliphatic heterocycles. The van der Waals surface area contributed by atoms with E-state index in [1.165, 1.54) is 12.1 Å². The molecule has 0 aromatic heterocycles. The number of nitro groups is 1. The molecule has 1 fully saturated rings. The Kier molecular flexibility index (Phi) is 7.03. The van der Waals surface area contributed by atoms with Crippen LogP contribution in [0.4, 0.5) is 10.5 Å². The maximum absolute atomic E-state index is 12.5. The van der Waals surface area contributed by atoms with Crippen molar-refractivity contribution in [2.45, 2.75) is 13.5 Å². The van der Waals surface area contributed by atoms with Gasteiger partial charge in [-0.3, -0.25) is 29.4 Å². The first kappa shape index (κ1) is 22.0. The van der Waals surface area contributed by atoms with Gasteiger partial charge in [0.25, 0.3) is 16.8 Å². The second-order valence-electron chi connectivity index (χ2n) is 6.36. The summed E-state index contributed by atoms with van der Waals surface area (Å²) in [6.07, 6.45) is 1.55. The highest BCUT2D eigenvalue weighted by Gasteiger charge is 2.36. The van der Waals surface area contributed by atoms with Crippen LogP contribution in [0.3, 0.4) is 0 Å². The van der Waals surface area contributed by atoms with Crippen LogP contribution in [0.1, 0.15) is 18.1 Å². The van der Waals surface area contributed by atoms with E-state index in [-0.39, 0.29) is 23.8 Å². The van der Waals surface area contributed by atoms with E-state index in [1.807, 2.05) is 0 Å². The average Bonchev–Trinajstić information content (AvgIpc) is 3.00. The molecule has 160 valence electrons. The van der Waals surface area contributed by atoms with Crippen molar-refractivity contribution in [3.8, 4) is 5.75 Å². The summed E-state index contributed by atoms with van der Waals surface area (Å²) in [6, 6.07) is 12.9. The van der Waals surface area contributed by atoms with E-state index in [1.54, 1.807) is 49.4 Å². The number of ether oxygens (including phenoxy) is 2. The number of hydrogen-bond donors (Lipinski definition) is 0. The van der Waals surface area contributed by atoms with Crippen molar-refractivity contribution in [1.29, 1.82) is 0 Å². The highest BCUT2D eigenvalue weighted by atomic mass is 32.2. The van der Waals surface area contributed by atoms with E-state index in [9.17, 15) is 24.5 Å². The Hall–Kier alpha value is -3.66. The number of imide groups is 1. The minimum atomic E-state index is -0.646. The molecule has 0 N–H and O–H groups in total. The smallest absolute Gasteiger partial charge is 0.326 e. The summed E-state index contributed by atoms with van der Waals surface area (Å²) >= 11 is 0.751. The van der Waals surface area contributed by atoms with Crippen LogP contribution in [0.15, 0.2) is 53.4 Å². The lowest BCUT2D eigenvalue weighted by Crippen LogP contribution is -2.34. The molecular weight excluding hydrogens is 424 g/mol. The molecule has 31 heavy (non-hydrogen) atoms. The van der Waals surface area contributed by atoms with Gasteiger partial charge in [0.1, 0.15) is 18.9 Å². The van der Waals surface area contributed by atoms with Gasteiger partial charge in [0.05, 0.1) is 16.4 Å². The summed E-state index contributed by atoms with van der Waals surface area (Å²) in [6.45, 7) is 1.59. The molecule has 0 aliphatic carbocycles. The van der Waals surface area contributed by atoms with Gasteiger partial charge >= 0.3 is 5.97 Å². The van der Waals surface area contributed by atoms with Crippen LogP contribution in [0, 0.1) is 10.1 Å². The molecular formula is C21H18N2O7S. The van der Waals surface area contributed by atoms with Crippen molar-refractivity contribution in [2.24, 2.45) is 0 Å². The molecule has 0 spiro atoms. The lowest BCUT2D eigenvalue weighted by molar-refractivity contribution is -0.384. The summed E-state index contributed by atoms with van der Waals surface area (Å²) in [5.41, 5.74) is 1.40. The van der Waals surface area contributed by atoms with E-state index in [0.717, 1.165) is 22.2 Å². The molecule has 9 nitrogen and oxygen atoms in total. The highest BCUT2D eigenvalue weighted by Crippen LogP contribution is 2.32. The Balaban J connectivity index is 1.66. The van der Waals surface area contributed by atoms with Gasteiger partial charge in [0, 0.05) is 12.1 Å². The number of nitro benzene ring substituents is 1. The van der Waals surface area contributed by atoms with Crippen LogP contribution in [0.5, 0.6) is 5.75 Å². The summed E-state index contributed by atoms with van der Waals surface area (Å²) in [5.74, 6) is -0.675. The number of carbonyl (C=O) groups is 3. The van der Waals surface area contributed by atoms with Gasteiger partial charge < -0.3 is 9.47 Å². The number of thioether (sulfide) groups is 1. The van der Waals surface area contributed by atoms with Gasteiger partial charge in [-0.1, -0.05) is 12.1 Å². The lowest BCUT2D eigenvalue weighted by Gasteiger charge is -2.10. The molecule has 1 heterocycles. The Morgan fingerprint density at radius 3 is 2.61 bits per heavy atom. The number of benzene rings is 2. The highest BCUT2D eigenvalue weighted by molar-refractivity contribution is 8.18. The number of esters is 1. The van der Waals surface area contributed by atoms with E-state index >= 15 is 0 Å². The largest absolute Gasteiger partial charge is 0.489 e. The van der Waals surface area contributed by atoms with Crippen molar-refractivity contribution < 1.29 is 28.8 Å². The van der Waals surface area contributed by atoms with Gasteiger partial charge in [-0.25, -0.2) is 0 Å². The summed E-state index contributed by atoms with van der Waals surface area (Å²) in [5, 5.41) is 10.2. The van der Waals surface area contributed by atoms with Crippen LogP contribution < -0.4 is 4.74 Å². The third kappa shape index (κ3) is 5.70. The van der Waals surface area contributed by atoms with E-state index in [4.69, 9.17) is 9.47 Å². The Morgan fingerprint density at radius 1 is 1.19 bits per heavy atom. The molecule has 2 aromatic rings. The number of carbonyl (C=O) groups excluding carboxylic acids is 3. The van der Waals surface area contributed by atoms with Gasteiger partial charge in [-0.15, -0.1) is 0 Å². The van der Waals surface area contributed by atoms with E-state index < -0.39 is 28.6 Å². The predicted molar refractivity (Wildman–Crippen MR) is 113 cm³/mol. The maximum atomic E-state index is 12.5. The monoisotopic (exact) mass is 442 g/mol. The van der Waals surface area contributed by atoms with Crippen molar-refractivity contribution in [1.82, 2.24) is 4.90 Å². The molecule has 1 saturated heterocycles. The minimum absolute atomic E-state index is 0.00245. The van der Waals surface area contributed by atoms with Crippen molar-refractivity contribution in [2.75, 3.05) is 13.2 Å². The zero-order valence-electron chi connectivity index (χ0n) is 16.5. The Labute approximate surface area is 181 Å². The number of non-ortho nitro benzene ring substituents is 1. The summed E-state index contributed by atoms with van der Waals surface area (Å²) in [4.78, 5) is 47.4. The van der Waals surface area contributed by atoms with Gasteiger partial charge in [-0.2, -0.15) is 0 Å². The molecule has 10 heteroatoms. The molecule has 0 atom stereocenters. The maximum Gasteiger partial charge on any atom is 0.326 e. The fraction of sp³-hybridized carbons (Fsp3) is 0.190. The molecule has 2 amide bonds. The number of hydrogen-bond acceptors (Lipinski definition) is 8. The van der Waals surface area contributed by atoms with Gasteiger partial charge in [-0.05, 0) is 60.2 Å². The third-order valence-electron chi connectivity index (χ3n) is 4.17. The first-order chi connectivity index (χ1) is 14.9. The molecule has 0 radical (unpaired) electrons. The molecule has 0 saturated carbocycles. The van der Waals surface area contributed by atoms with Gasteiger partial charge in [0.15, 0.2) is 0 Å². The Morgan fingerprint density at radius 2 is 1.94 bits per heavy atom. The number of rotatable bonds is 8. The minimum Gasteiger partial charge on any atom is -0.489 e. The Bertz CT molecular complexity index is 1050. The fourth-order valence-electron chi connectivity index (χ4n) is 2.70. The van der Waals surface area contributed by atoms with Crippen LogP contribution in [0.25, 0.3) is 6.08 Å². The fourth-order valence-corrected chi connectivity index (χ4v) is 3.54. The quantitative estimate of drug-likeness (QED) is 0.262. The second-order valence-corrected chi connectivity index (χ2v) is 7.35. The van der Waals surface area contributed by atoms with Crippen LogP contribution in [-0.2, 0) is 20.9 Å². The summed E-state index contributed by atoms with van der Waals surface area (Å²) in [7, 11) is 0. The normalized spacial score (nSPS) is 14.7. The molecule has 2 aromatic carbocycles. The van der Waals surface area contributed by atoms with Crippen molar-refractivity contribution in [3.05, 3.63) is 74.7 Å². The molecule has 3 rings (SSSR count). The number of amides is 2. The van der Waals surface area contributed by atoms with E-state index in [2.05, 4.69) is 0 Å². The van der Waals surface area contributed by atoms with Gasteiger partial charge in [0.2, 0.25) is 0 Å². The average molecular weight is 442 g/mol. The predicted octanol–water partition coefficient (Wildman–Crippen LogP) is 3.77. The zero-order valence-corrected chi connectivity index (χ0v) is 17.3. The standard InChI is InChI=1S/C21H18N2O7S/c1-2-29-19(24)12-22-20(25)18(31-21(22)26)11-15-4-3-5-17(10-15)30-13-14-6-8-16(9-7-14)23(27)28/h3-11H,2,12-13H2,1H3/b18-11-. The van der Waals surface area contributed by atoms with Crippen LogP contribution in [-0.4, -0.2) is 40.1 Å². The molecule has 0 bridgehead atoms. The van der Waals surface area contributed by atoms with Crippen LogP contribution in [0.2, 0.25) is 0 Å². The SMILES string of the molecule is CCOC(=O)CN1C(=O)S/C(=C\c2cccc(OCc3ccc([N+](=O)[O-])cc3)c2)C1=O. The van der Waals surface area contributed by atoms with Crippen LogP contribution >= 0.6 is 11.8 Å². The number of nitrogens with zero attached hydrogens (tertiary/aromatic N) is 2. The van der Waals surface area contributed by atoms with Crippen molar-refractivity contribution in [3.63, 3.8) is 0 Å².